The van der Waals surface area contributed by atoms with Gasteiger partial charge in [-0.2, -0.15) is 0 Å². The summed E-state index contributed by atoms with van der Waals surface area (Å²) in [7, 11) is -3.92. The minimum Gasteiger partial charge on any atom is -0.354 e. The molecule has 3 aromatic rings. The Hall–Kier alpha value is -3.43. The first-order chi connectivity index (χ1) is 18.6. The Balaban J connectivity index is 2.03. The highest BCUT2D eigenvalue weighted by Crippen LogP contribution is 2.27. The molecular formula is C29H33ClFN3O4S. The van der Waals surface area contributed by atoms with E-state index in [9.17, 15) is 22.4 Å². The number of para-hydroxylation sites is 1. The summed E-state index contributed by atoms with van der Waals surface area (Å²) in [6.45, 7) is 1.84. The lowest BCUT2D eigenvalue weighted by molar-refractivity contribution is -0.140. The number of amides is 2. The fraction of sp³-hybridized carbons (Fsp3) is 0.310. The zero-order valence-corrected chi connectivity index (χ0v) is 23.6. The topological polar surface area (TPSA) is 86.8 Å². The molecule has 0 aliphatic rings. The monoisotopic (exact) mass is 573 g/mol. The van der Waals surface area contributed by atoms with Crippen molar-refractivity contribution in [1.82, 2.24) is 10.2 Å². The Bertz CT molecular complexity index is 1350. The smallest absolute Gasteiger partial charge is 0.244 e. The predicted molar refractivity (Wildman–Crippen MR) is 152 cm³/mol. The third-order valence-electron chi connectivity index (χ3n) is 6.17. The molecule has 3 rings (SSSR count). The molecule has 0 heterocycles. The second-order valence-electron chi connectivity index (χ2n) is 9.22. The van der Waals surface area contributed by atoms with Gasteiger partial charge < -0.3 is 10.2 Å². The van der Waals surface area contributed by atoms with Crippen LogP contribution in [0.5, 0.6) is 0 Å². The summed E-state index contributed by atoms with van der Waals surface area (Å²) in [6.07, 6.45) is 2.84. The molecule has 0 fully saturated rings. The Morgan fingerprint density at radius 3 is 2.21 bits per heavy atom. The highest BCUT2D eigenvalue weighted by atomic mass is 35.5. The lowest BCUT2D eigenvalue weighted by atomic mass is 10.0. The number of sulfonamides is 1. The average Bonchev–Trinajstić information content (AvgIpc) is 2.91. The lowest BCUT2D eigenvalue weighted by Crippen LogP contribution is -2.53. The average molecular weight is 574 g/mol. The van der Waals surface area contributed by atoms with E-state index in [4.69, 9.17) is 11.6 Å². The number of hydrogen-bond acceptors (Lipinski definition) is 4. The fourth-order valence-electron chi connectivity index (χ4n) is 4.10. The highest BCUT2D eigenvalue weighted by Gasteiger charge is 2.33. The first-order valence-corrected chi connectivity index (χ1v) is 14.9. The van der Waals surface area contributed by atoms with Crippen molar-refractivity contribution in [3.63, 3.8) is 0 Å². The normalized spacial score (nSPS) is 12.0. The lowest BCUT2D eigenvalue weighted by Gasteiger charge is -2.33. The van der Waals surface area contributed by atoms with Gasteiger partial charge in [0.1, 0.15) is 18.4 Å². The predicted octanol–water partition coefficient (Wildman–Crippen LogP) is 4.80. The highest BCUT2D eigenvalue weighted by molar-refractivity contribution is 7.92. The fourth-order valence-corrected chi connectivity index (χ4v) is 5.24. The molecule has 7 nitrogen and oxygen atoms in total. The van der Waals surface area contributed by atoms with Crippen LogP contribution in [0.2, 0.25) is 5.02 Å². The van der Waals surface area contributed by atoms with Gasteiger partial charge in [0.25, 0.3) is 0 Å². The molecule has 1 unspecified atom stereocenters. The Kier molecular flexibility index (Phi) is 10.9. The summed E-state index contributed by atoms with van der Waals surface area (Å²) in [5, 5.41) is 3.08. The Labute approximate surface area is 234 Å². The van der Waals surface area contributed by atoms with Crippen molar-refractivity contribution in [2.75, 3.05) is 23.7 Å². The maximum absolute atomic E-state index is 13.9. The van der Waals surface area contributed by atoms with Crippen molar-refractivity contribution in [3.8, 4) is 0 Å². The van der Waals surface area contributed by atoms with Gasteiger partial charge in [-0.1, -0.05) is 79.5 Å². The van der Waals surface area contributed by atoms with Crippen molar-refractivity contribution < 1.29 is 22.4 Å². The van der Waals surface area contributed by atoms with Crippen LogP contribution in [-0.2, 0) is 32.6 Å². The molecule has 1 N–H and O–H groups in total. The number of anilines is 1. The van der Waals surface area contributed by atoms with Gasteiger partial charge in [-0.05, 0) is 41.8 Å². The first kappa shape index (κ1) is 30.1. The van der Waals surface area contributed by atoms with Crippen LogP contribution < -0.4 is 9.62 Å². The summed E-state index contributed by atoms with van der Waals surface area (Å²) in [6, 6.07) is 20.3. The standard InChI is InChI=1S/C29H33ClFN3O4S/c1-3-4-18-32-29(36)27(19-22-10-6-5-7-11-22)33(20-23-14-16-24(31)17-15-23)28(35)21-34(39(2,37)38)26-13-9-8-12-25(26)30/h5-17,27H,3-4,18-21H2,1-2H3,(H,32,36). The SMILES string of the molecule is CCCCNC(=O)C(Cc1ccccc1)N(Cc1ccc(F)cc1)C(=O)CN(c1ccccc1Cl)S(C)(=O)=O. The van der Waals surface area contributed by atoms with Crippen LogP contribution in [-0.4, -0.2) is 50.5 Å². The van der Waals surface area contributed by atoms with Gasteiger partial charge in [0.15, 0.2) is 0 Å². The summed E-state index contributed by atoms with van der Waals surface area (Å²) < 4.78 is 40.1. The molecule has 2 amide bonds. The Morgan fingerprint density at radius 1 is 0.949 bits per heavy atom. The molecule has 0 spiro atoms. The zero-order valence-electron chi connectivity index (χ0n) is 22.0. The zero-order chi connectivity index (χ0) is 28.4. The van der Waals surface area contributed by atoms with E-state index in [1.54, 1.807) is 12.1 Å². The van der Waals surface area contributed by atoms with Gasteiger partial charge in [-0.15, -0.1) is 0 Å². The number of hydrogen-bond donors (Lipinski definition) is 1. The molecule has 10 heteroatoms. The van der Waals surface area contributed by atoms with Gasteiger partial charge in [-0.25, -0.2) is 12.8 Å². The van der Waals surface area contributed by atoms with E-state index < -0.39 is 34.3 Å². The number of nitrogens with zero attached hydrogens (tertiary/aromatic N) is 2. The van der Waals surface area contributed by atoms with Crippen molar-refractivity contribution >= 4 is 39.1 Å². The molecule has 0 aliphatic heterocycles. The number of carbonyl (C=O) groups is 2. The van der Waals surface area contributed by atoms with Gasteiger partial charge in [0.2, 0.25) is 21.8 Å². The molecule has 39 heavy (non-hydrogen) atoms. The van der Waals surface area contributed by atoms with Crippen LogP contribution in [0, 0.1) is 5.82 Å². The van der Waals surface area contributed by atoms with E-state index in [2.05, 4.69) is 5.32 Å². The second kappa shape index (κ2) is 14.1. The maximum atomic E-state index is 13.9. The molecule has 0 saturated heterocycles. The van der Waals surface area contributed by atoms with Crippen molar-refractivity contribution in [2.45, 2.75) is 38.8 Å². The third-order valence-corrected chi connectivity index (χ3v) is 7.61. The molecule has 0 radical (unpaired) electrons. The van der Waals surface area contributed by atoms with Crippen LogP contribution in [0.15, 0.2) is 78.9 Å². The molecular weight excluding hydrogens is 541 g/mol. The number of benzene rings is 3. The summed E-state index contributed by atoms with van der Waals surface area (Å²) in [5.74, 6) is -1.39. The molecule has 0 saturated carbocycles. The Morgan fingerprint density at radius 2 is 1.59 bits per heavy atom. The number of carbonyl (C=O) groups excluding carboxylic acids is 2. The van der Waals surface area contributed by atoms with Crippen LogP contribution in [0.3, 0.4) is 0 Å². The van der Waals surface area contributed by atoms with Crippen LogP contribution >= 0.6 is 11.6 Å². The second-order valence-corrected chi connectivity index (χ2v) is 11.5. The van der Waals surface area contributed by atoms with E-state index in [1.165, 1.54) is 41.3 Å². The summed E-state index contributed by atoms with van der Waals surface area (Å²) in [4.78, 5) is 28.8. The quantitative estimate of drug-likeness (QED) is 0.298. The molecule has 3 aromatic carbocycles. The number of unbranched alkanes of at least 4 members (excludes halogenated alkanes) is 1. The van der Waals surface area contributed by atoms with E-state index in [0.29, 0.717) is 12.1 Å². The molecule has 1 atom stereocenters. The molecule has 0 aromatic heterocycles. The molecule has 208 valence electrons. The van der Waals surface area contributed by atoms with Gasteiger partial charge in [-0.3, -0.25) is 13.9 Å². The van der Waals surface area contributed by atoms with Crippen LogP contribution in [0.25, 0.3) is 0 Å². The number of halogens is 2. The van der Waals surface area contributed by atoms with E-state index in [1.807, 2.05) is 37.3 Å². The van der Waals surface area contributed by atoms with Gasteiger partial charge in [0, 0.05) is 19.5 Å². The van der Waals surface area contributed by atoms with Crippen LogP contribution in [0.4, 0.5) is 10.1 Å². The third kappa shape index (κ3) is 8.80. The summed E-state index contributed by atoms with van der Waals surface area (Å²) in [5.41, 5.74) is 1.58. The van der Waals surface area contributed by atoms with Crippen molar-refractivity contribution in [2.24, 2.45) is 0 Å². The van der Waals surface area contributed by atoms with Crippen molar-refractivity contribution in [1.29, 1.82) is 0 Å². The number of nitrogens with one attached hydrogen (secondary N) is 1. The van der Waals surface area contributed by atoms with Crippen LogP contribution in [0.1, 0.15) is 30.9 Å². The minimum atomic E-state index is -3.92. The van der Waals surface area contributed by atoms with E-state index >= 15 is 0 Å². The first-order valence-electron chi connectivity index (χ1n) is 12.7. The largest absolute Gasteiger partial charge is 0.354 e. The summed E-state index contributed by atoms with van der Waals surface area (Å²) >= 11 is 6.29. The van der Waals surface area contributed by atoms with Gasteiger partial charge >= 0.3 is 0 Å². The molecule has 0 aliphatic carbocycles. The van der Waals surface area contributed by atoms with Gasteiger partial charge in [0.05, 0.1) is 17.0 Å². The van der Waals surface area contributed by atoms with E-state index in [0.717, 1.165) is 29.0 Å². The minimum absolute atomic E-state index is 0.0298. The van der Waals surface area contributed by atoms with E-state index in [-0.39, 0.29) is 29.6 Å². The number of rotatable bonds is 13. The molecule has 0 bridgehead atoms. The maximum Gasteiger partial charge on any atom is 0.244 e. The van der Waals surface area contributed by atoms with Crippen molar-refractivity contribution in [3.05, 3.63) is 101 Å².